The van der Waals surface area contributed by atoms with Gasteiger partial charge in [0.2, 0.25) is 0 Å². The molecule has 2 aliphatic carbocycles. The zero-order valence-corrected chi connectivity index (χ0v) is 21.0. The smallest absolute Gasteiger partial charge is 0.305 e. The number of anilines is 1. The predicted molar refractivity (Wildman–Crippen MR) is 127 cm³/mol. The predicted octanol–water partition coefficient (Wildman–Crippen LogP) is 5.54. The first kappa shape index (κ1) is 26.5. The molecule has 4 rings (SSSR count). The van der Waals surface area contributed by atoms with E-state index in [0.717, 1.165) is 18.9 Å². The Labute approximate surface area is 212 Å². The number of ether oxygens (including phenoxy) is 1. The van der Waals surface area contributed by atoms with Gasteiger partial charge in [-0.2, -0.15) is 0 Å². The van der Waals surface area contributed by atoms with Crippen molar-refractivity contribution in [1.29, 1.82) is 0 Å². The van der Waals surface area contributed by atoms with Crippen LogP contribution in [0.5, 0.6) is 0 Å². The number of sulfone groups is 1. The van der Waals surface area contributed by atoms with E-state index < -0.39 is 38.4 Å². The number of rotatable bonds is 7. The highest BCUT2D eigenvalue weighted by atomic mass is 35.5. The Morgan fingerprint density at radius 3 is 2.25 bits per heavy atom. The maximum absolute atomic E-state index is 13.7. The first-order chi connectivity index (χ1) is 17.0. The number of benzene rings is 2. The van der Waals surface area contributed by atoms with E-state index in [-0.39, 0.29) is 44.9 Å². The summed E-state index contributed by atoms with van der Waals surface area (Å²) in [7, 11) is -2.57. The molecule has 1 N–H and O–H groups in total. The lowest BCUT2D eigenvalue weighted by Gasteiger charge is -2.35. The summed E-state index contributed by atoms with van der Waals surface area (Å²) in [6, 6.07) is 5.00. The summed E-state index contributed by atoms with van der Waals surface area (Å²) in [6.07, 6.45) is 3.80. The first-order valence-electron chi connectivity index (χ1n) is 11.6. The number of halogens is 4. The Kier molecular flexibility index (Phi) is 7.66. The van der Waals surface area contributed by atoms with E-state index in [0.29, 0.717) is 37.8 Å². The van der Waals surface area contributed by atoms with Crippen molar-refractivity contribution in [3.8, 4) is 0 Å². The van der Waals surface area contributed by atoms with Crippen LogP contribution in [0.25, 0.3) is 0 Å². The van der Waals surface area contributed by atoms with Gasteiger partial charge in [-0.25, -0.2) is 21.6 Å². The number of hydrogen-bond donors (Lipinski definition) is 1. The van der Waals surface area contributed by atoms with Gasteiger partial charge in [0, 0.05) is 29.8 Å². The molecular formula is C25H25ClF3NO5S. The topological polar surface area (TPSA) is 89.5 Å². The number of amides is 1. The van der Waals surface area contributed by atoms with Crippen LogP contribution in [0.4, 0.5) is 18.9 Å². The summed E-state index contributed by atoms with van der Waals surface area (Å²) in [5.74, 6) is -5.66. The van der Waals surface area contributed by atoms with Crippen LogP contribution in [0.2, 0.25) is 5.02 Å². The number of methoxy groups -OCH3 is 1. The van der Waals surface area contributed by atoms with Crippen molar-refractivity contribution in [3.63, 3.8) is 0 Å². The fourth-order valence-corrected chi connectivity index (χ4v) is 8.48. The molecule has 6 nitrogen and oxygen atoms in total. The molecule has 11 heteroatoms. The molecule has 4 atom stereocenters. The van der Waals surface area contributed by atoms with Gasteiger partial charge in [0.05, 0.1) is 22.3 Å². The van der Waals surface area contributed by atoms with E-state index in [1.165, 1.54) is 19.2 Å². The number of nitrogens with one attached hydrogen (secondary N) is 1. The SMILES string of the molecule is COC(=O)CCC1CC2CC[C@@H](C1)C2S(=O)(=O)c1cc(C(=O)Nc2cc(F)c(F)c(F)c2)ccc1Cl. The molecule has 0 aromatic heterocycles. The van der Waals surface area contributed by atoms with Crippen molar-refractivity contribution in [2.75, 3.05) is 12.4 Å². The third kappa shape index (κ3) is 5.25. The summed E-state index contributed by atoms with van der Waals surface area (Å²) >= 11 is 6.27. The van der Waals surface area contributed by atoms with Gasteiger partial charge < -0.3 is 10.1 Å². The minimum atomic E-state index is -3.91. The Hall–Kier alpha value is -2.59. The van der Waals surface area contributed by atoms with Gasteiger partial charge in [0.15, 0.2) is 27.3 Å². The molecular weight excluding hydrogens is 519 g/mol. The molecule has 3 unspecified atom stereocenters. The summed E-state index contributed by atoms with van der Waals surface area (Å²) in [5.41, 5.74) is -0.402. The summed E-state index contributed by atoms with van der Waals surface area (Å²) < 4.78 is 72.3. The third-order valence-corrected chi connectivity index (χ3v) is 10.1. The lowest BCUT2D eigenvalue weighted by Crippen LogP contribution is -2.37. The minimum Gasteiger partial charge on any atom is -0.469 e. The monoisotopic (exact) mass is 543 g/mol. The molecule has 0 saturated heterocycles. The van der Waals surface area contributed by atoms with E-state index in [1.807, 2.05) is 0 Å². The molecule has 2 fully saturated rings. The number of carbonyl (C=O) groups is 2. The van der Waals surface area contributed by atoms with Crippen molar-refractivity contribution in [2.45, 2.75) is 48.7 Å². The Morgan fingerprint density at radius 1 is 1.06 bits per heavy atom. The van der Waals surface area contributed by atoms with Crippen molar-refractivity contribution in [3.05, 3.63) is 58.4 Å². The maximum Gasteiger partial charge on any atom is 0.305 e. The molecule has 2 saturated carbocycles. The van der Waals surface area contributed by atoms with Gasteiger partial charge in [-0.15, -0.1) is 0 Å². The molecule has 0 radical (unpaired) electrons. The highest BCUT2D eigenvalue weighted by molar-refractivity contribution is 7.92. The van der Waals surface area contributed by atoms with Crippen molar-refractivity contribution < 1.29 is 35.9 Å². The second-order valence-electron chi connectivity index (χ2n) is 9.41. The number of carbonyl (C=O) groups excluding carboxylic acids is 2. The molecule has 0 heterocycles. The van der Waals surface area contributed by atoms with Crippen molar-refractivity contribution in [2.24, 2.45) is 17.8 Å². The van der Waals surface area contributed by atoms with Crippen LogP contribution in [0.1, 0.15) is 48.9 Å². The van der Waals surface area contributed by atoms with E-state index in [2.05, 4.69) is 5.32 Å². The quantitative estimate of drug-likeness (QED) is 0.366. The summed E-state index contributed by atoms with van der Waals surface area (Å²) in [6.45, 7) is 0. The van der Waals surface area contributed by atoms with Gasteiger partial charge in [0.25, 0.3) is 5.91 Å². The van der Waals surface area contributed by atoms with E-state index in [1.54, 1.807) is 0 Å². The van der Waals surface area contributed by atoms with Crippen LogP contribution < -0.4 is 5.32 Å². The number of hydrogen-bond acceptors (Lipinski definition) is 5. The van der Waals surface area contributed by atoms with Crippen molar-refractivity contribution in [1.82, 2.24) is 0 Å². The molecule has 194 valence electrons. The number of esters is 1. The summed E-state index contributed by atoms with van der Waals surface area (Å²) in [5, 5.41) is 1.57. The number of fused-ring (bicyclic) bond motifs is 2. The highest BCUT2D eigenvalue weighted by Gasteiger charge is 2.49. The normalized spacial score (nSPS) is 23.4. The average Bonchev–Trinajstić information content (AvgIpc) is 3.12. The van der Waals surface area contributed by atoms with Crippen LogP contribution in [0.3, 0.4) is 0 Å². The standard InChI is InChI=1S/C25H25ClF3NO5S/c1-35-22(31)7-2-13-8-14-3-4-15(9-13)24(14)36(33,34)21-10-16(5-6-18(21)26)25(32)30-17-11-19(27)23(29)20(28)12-17/h5-6,10-15,24H,2-4,7-9H2,1H3,(H,30,32)/t13?,14-,15?,24?/m0/s1. The highest BCUT2D eigenvalue weighted by Crippen LogP contribution is 2.51. The summed E-state index contributed by atoms with van der Waals surface area (Å²) in [4.78, 5) is 24.0. The molecule has 1 amide bonds. The zero-order valence-electron chi connectivity index (χ0n) is 19.4. The molecule has 2 aliphatic rings. The van der Waals surface area contributed by atoms with Gasteiger partial charge >= 0.3 is 5.97 Å². The zero-order chi connectivity index (χ0) is 26.2. The van der Waals surface area contributed by atoms with Crippen LogP contribution >= 0.6 is 11.6 Å². The van der Waals surface area contributed by atoms with E-state index >= 15 is 0 Å². The van der Waals surface area contributed by atoms with Gasteiger partial charge in [0.1, 0.15) is 0 Å². The third-order valence-electron chi connectivity index (χ3n) is 7.19. The average molecular weight is 544 g/mol. The van der Waals surface area contributed by atoms with Gasteiger partial charge in [-0.3, -0.25) is 9.59 Å². The molecule has 2 bridgehead atoms. The molecule has 0 spiro atoms. The van der Waals surface area contributed by atoms with Crippen LogP contribution in [-0.4, -0.2) is 32.7 Å². The van der Waals surface area contributed by atoms with E-state index in [4.69, 9.17) is 16.3 Å². The molecule has 2 aromatic rings. The molecule has 2 aromatic carbocycles. The Balaban J connectivity index is 1.54. The lowest BCUT2D eigenvalue weighted by atomic mass is 9.78. The second kappa shape index (κ2) is 10.4. The fraction of sp³-hybridized carbons (Fsp3) is 0.440. The first-order valence-corrected chi connectivity index (χ1v) is 13.5. The molecule has 36 heavy (non-hydrogen) atoms. The van der Waals surface area contributed by atoms with Crippen LogP contribution in [-0.2, 0) is 19.4 Å². The van der Waals surface area contributed by atoms with Crippen LogP contribution in [0, 0.1) is 35.2 Å². The second-order valence-corrected chi connectivity index (χ2v) is 11.9. The van der Waals surface area contributed by atoms with Gasteiger partial charge in [-0.05, 0) is 68.1 Å². The Bertz CT molecular complexity index is 1270. The lowest BCUT2D eigenvalue weighted by molar-refractivity contribution is -0.141. The van der Waals surface area contributed by atoms with Crippen molar-refractivity contribution >= 4 is 39.0 Å². The molecule has 0 aliphatic heterocycles. The Morgan fingerprint density at radius 2 is 1.67 bits per heavy atom. The largest absolute Gasteiger partial charge is 0.469 e. The minimum absolute atomic E-state index is 0.0300. The van der Waals surface area contributed by atoms with E-state index in [9.17, 15) is 31.2 Å². The van der Waals surface area contributed by atoms with Crippen LogP contribution in [0.15, 0.2) is 35.2 Å². The fourth-order valence-electron chi connectivity index (χ4n) is 5.60. The maximum atomic E-state index is 13.7. The van der Waals surface area contributed by atoms with Gasteiger partial charge in [-0.1, -0.05) is 11.6 Å².